The first-order chi connectivity index (χ1) is 14.6. The highest BCUT2D eigenvalue weighted by molar-refractivity contribution is 5.92. The predicted octanol–water partition coefficient (Wildman–Crippen LogP) is 2.50. The first-order valence-electron chi connectivity index (χ1n) is 10.2. The zero-order valence-electron chi connectivity index (χ0n) is 18.0. The molecule has 3 heterocycles. The Kier molecular flexibility index (Phi) is 5.39. The van der Waals surface area contributed by atoms with Crippen molar-refractivity contribution < 1.29 is 38.1 Å². The molecule has 5 unspecified atom stereocenters. The average molecular weight is 430 g/mol. The summed E-state index contributed by atoms with van der Waals surface area (Å²) >= 11 is 0. The predicted molar refractivity (Wildman–Crippen MR) is 107 cm³/mol. The van der Waals surface area contributed by atoms with Gasteiger partial charge in [-0.25, -0.2) is 4.79 Å². The Morgan fingerprint density at radius 3 is 2.74 bits per heavy atom. The van der Waals surface area contributed by atoms with Crippen molar-refractivity contribution >= 4 is 17.9 Å². The van der Waals surface area contributed by atoms with Crippen molar-refractivity contribution in [3.63, 3.8) is 0 Å². The third-order valence-electron chi connectivity index (χ3n) is 6.21. The molecular formula is C23H26O8. The third kappa shape index (κ3) is 3.74. The molecule has 4 rings (SSSR count). The van der Waals surface area contributed by atoms with Crippen molar-refractivity contribution in [2.45, 2.75) is 58.2 Å². The minimum Gasteiger partial charge on any atom is -0.457 e. The fraction of sp³-hybridized carbons (Fsp3) is 0.522. The molecule has 0 spiro atoms. The molecule has 0 N–H and O–H groups in total. The van der Waals surface area contributed by atoms with Gasteiger partial charge in [-0.3, -0.25) is 9.59 Å². The lowest BCUT2D eigenvalue weighted by Crippen LogP contribution is -2.42. The standard InChI is InChI=1S/C23H26O8/c1-11-6-14-8-17(20(25)29-14)18(28-13(3)24)9-16-12(2)21(27-5)31-19(16)23(4)10-15(7-11)30-22(23)26/h7-8,10,14,16,18-19,21H,2,6,9H2,1,3-5H3/b11-7-/t14?,16-,18?,19?,21?,23?/m0/s1. The summed E-state index contributed by atoms with van der Waals surface area (Å²) in [6.45, 7) is 9.01. The van der Waals surface area contributed by atoms with E-state index in [0.29, 0.717) is 17.8 Å². The summed E-state index contributed by atoms with van der Waals surface area (Å²) in [5.41, 5.74) is 0.653. The Balaban J connectivity index is 1.83. The van der Waals surface area contributed by atoms with Gasteiger partial charge in [-0.1, -0.05) is 12.2 Å². The second-order valence-electron chi connectivity index (χ2n) is 8.62. The summed E-state index contributed by atoms with van der Waals surface area (Å²) in [6.07, 6.45) is 3.05. The van der Waals surface area contributed by atoms with Crippen molar-refractivity contribution in [3.05, 3.63) is 47.3 Å². The van der Waals surface area contributed by atoms with Crippen molar-refractivity contribution in [1.82, 2.24) is 0 Å². The van der Waals surface area contributed by atoms with Crippen molar-refractivity contribution in [2.24, 2.45) is 11.3 Å². The van der Waals surface area contributed by atoms with Gasteiger partial charge in [0.1, 0.15) is 23.4 Å². The van der Waals surface area contributed by atoms with E-state index in [0.717, 1.165) is 5.57 Å². The highest BCUT2D eigenvalue weighted by Crippen LogP contribution is 2.48. The van der Waals surface area contributed by atoms with Crippen LogP contribution in [0.2, 0.25) is 0 Å². The molecule has 0 aromatic heterocycles. The Bertz CT molecular complexity index is 941. The zero-order chi connectivity index (χ0) is 22.5. The van der Waals surface area contributed by atoms with Crippen LogP contribution in [-0.2, 0) is 38.1 Å². The molecule has 0 amide bonds. The van der Waals surface area contributed by atoms with Crippen LogP contribution in [0.25, 0.3) is 0 Å². The largest absolute Gasteiger partial charge is 0.457 e. The van der Waals surface area contributed by atoms with Gasteiger partial charge < -0.3 is 23.7 Å². The molecule has 166 valence electrons. The molecule has 31 heavy (non-hydrogen) atoms. The van der Waals surface area contributed by atoms with Crippen molar-refractivity contribution in [1.29, 1.82) is 0 Å². The normalized spacial score (nSPS) is 39.0. The molecule has 1 aliphatic carbocycles. The molecule has 1 fully saturated rings. The van der Waals surface area contributed by atoms with Gasteiger partial charge in [0, 0.05) is 26.4 Å². The minimum atomic E-state index is -1.10. The molecule has 4 aliphatic rings. The Hall–Kier alpha value is -2.71. The Morgan fingerprint density at radius 1 is 1.32 bits per heavy atom. The van der Waals surface area contributed by atoms with Crippen LogP contribution < -0.4 is 0 Å². The van der Waals surface area contributed by atoms with Crippen LogP contribution >= 0.6 is 0 Å². The molecule has 0 saturated carbocycles. The van der Waals surface area contributed by atoms with Gasteiger partial charge in [0.15, 0.2) is 6.29 Å². The first kappa shape index (κ1) is 21.5. The van der Waals surface area contributed by atoms with Gasteiger partial charge in [-0.15, -0.1) is 0 Å². The van der Waals surface area contributed by atoms with Crippen LogP contribution in [-0.4, -0.2) is 49.6 Å². The van der Waals surface area contributed by atoms with Crippen LogP contribution in [0, 0.1) is 11.3 Å². The van der Waals surface area contributed by atoms with E-state index in [1.165, 1.54) is 14.0 Å². The monoisotopic (exact) mass is 430 g/mol. The fourth-order valence-corrected chi connectivity index (χ4v) is 4.73. The van der Waals surface area contributed by atoms with Crippen molar-refractivity contribution in [2.75, 3.05) is 7.11 Å². The highest BCUT2D eigenvalue weighted by atomic mass is 16.7. The minimum absolute atomic E-state index is 0.190. The molecule has 1 saturated heterocycles. The van der Waals surface area contributed by atoms with Crippen LogP contribution in [0.15, 0.2) is 47.3 Å². The number of methoxy groups -OCH3 is 1. The summed E-state index contributed by atoms with van der Waals surface area (Å²) in [7, 11) is 1.49. The number of hydrogen-bond donors (Lipinski definition) is 0. The average Bonchev–Trinajstić information content (AvgIpc) is 3.28. The van der Waals surface area contributed by atoms with Gasteiger partial charge in [-0.05, 0) is 44.1 Å². The number of carbonyl (C=O) groups excluding carboxylic acids is 3. The van der Waals surface area contributed by atoms with Crippen LogP contribution in [0.5, 0.6) is 0 Å². The van der Waals surface area contributed by atoms with E-state index in [1.54, 1.807) is 25.2 Å². The Labute approximate surface area is 180 Å². The first-order valence-corrected chi connectivity index (χ1v) is 10.2. The van der Waals surface area contributed by atoms with Crippen LogP contribution in [0.4, 0.5) is 0 Å². The molecule has 3 aliphatic heterocycles. The molecule has 0 aromatic rings. The third-order valence-corrected chi connectivity index (χ3v) is 6.21. The number of esters is 3. The molecule has 0 aromatic carbocycles. The highest BCUT2D eigenvalue weighted by Gasteiger charge is 2.56. The maximum Gasteiger partial charge on any atom is 0.338 e. The summed E-state index contributed by atoms with van der Waals surface area (Å²) in [5.74, 6) is -1.52. The van der Waals surface area contributed by atoms with Crippen molar-refractivity contribution in [3.8, 4) is 0 Å². The quantitative estimate of drug-likeness (QED) is 0.375. The lowest BCUT2D eigenvalue weighted by atomic mass is 9.75. The number of rotatable bonds is 2. The van der Waals surface area contributed by atoms with Crippen LogP contribution in [0.1, 0.15) is 33.6 Å². The van der Waals surface area contributed by atoms with E-state index in [9.17, 15) is 14.4 Å². The van der Waals surface area contributed by atoms with E-state index < -0.39 is 53.8 Å². The number of allylic oxidation sites excluding steroid dienone is 1. The number of hydrogen-bond acceptors (Lipinski definition) is 8. The topological polar surface area (TPSA) is 97.4 Å². The lowest BCUT2D eigenvalue weighted by Gasteiger charge is -2.31. The van der Waals surface area contributed by atoms with E-state index >= 15 is 0 Å². The lowest BCUT2D eigenvalue weighted by molar-refractivity contribution is -0.164. The molecule has 0 radical (unpaired) electrons. The van der Waals surface area contributed by atoms with Gasteiger partial charge in [0.25, 0.3) is 0 Å². The second-order valence-corrected chi connectivity index (χ2v) is 8.62. The smallest absolute Gasteiger partial charge is 0.338 e. The molecule has 8 nitrogen and oxygen atoms in total. The molecular weight excluding hydrogens is 404 g/mol. The van der Waals surface area contributed by atoms with Gasteiger partial charge in [0.05, 0.1) is 11.7 Å². The van der Waals surface area contributed by atoms with Crippen LogP contribution in [0.3, 0.4) is 0 Å². The Morgan fingerprint density at radius 2 is 2.06 bits per heavy atom. The maximum absolute atomic E-state index is 12.9. The summed E-state index contributed by atoms with van der Waals surface area (Å²) in [4.78, 5) is 37.4. The van der Waals surface area contributed by atoms with E-state index in [-0.39, 0.29) is 12.0 Å². The maximum atomic E-state index is 12.9. The molecule has 4 bridgehead atoms. The van der Waals surface area contributed by atoms with Gasteiger partial charge in [0.2, 0.25) is 0 Å². The van der Waals surface area contributed by atoms with Gasteiger partial charge >= 0.3 is 17.9 Å². The van der Waals surface area contributed by atoms with E-state index in [1.807, 2.05) is 6.92 Å². The van der Waals surface area contributed by atoms with E-state index in [2.05, 4.69) is 6.58 Å². The summed E-state index contributed by atoms with van der Waals surface area (Å²) in [5, 5.41) is 0. The number of ether oxygens (including phenoxy) is 5. The zero-order valence-corrected chi connectivity index (χ0v) is 18.0. The number of carbonyl (C=O) groups is 3. The van der Waals surface area contributed by atoms with E-state index in [4.69, 9.17) is 23.7 Å². The second kappa shape index (κ2) is 7.76. The molecule has 8 heteroatoms. The van der Waals surface area contributed by atoms with Gasteiger partial charge in [-0.2, -0.15) is 0 Å². The molecule has 6 atom stereocenters. The number of fused-ring (bicyclic) bond motifs is 4. The fourth-order valence-electron chi connectivity index (χ4n) is 4.73. The summed E-state index contributed by atoms with van der Waals surface area (Å²) in [6, 6.07) is 0. The summed E-state index contributed by atoms with van der Waals surface area (Å²) < 4.78 is 28.0. The SMILES string of the molecule is C=C1C(OC)OC2[C@H]1CC(OC(C)=O)C1=CC(C/C(C)=C\C3=CC2(C)C(=O)O3)OC1=O.